The predicted molar refractivity (Wildman–Crippen MR) is 36.5 cm³/mol. The molecular formula is C5H12N3O2Rf-. The topological polar surface area (TPSA) is 90.4 Å². The Balaban J connectivity index is 0. The summed E-state index contributed by atoms with van der Waals surface area (Å²) >= 11 is 0. The van der Waals surface area contributed by atoms with Crippen molar-refractivity contribution in [3.8, 4) is 0 Å². The molecule has 0 radical (unpaired) electrons. The van der Waals surface area contributed by atoms with Gasteiger partial charge >= 0.3 is 0 Å². The van der Waals surface area contributed by atoms with Crippen molar-refractivity contribution >= 4 is 5.91 Å². The van der Waals surface area contributed by atoms with E-state index in [1.54, 1.807) is 0 Å². The average Bonchev–Trinajstić information content (AvgIpc) is 1.88. The van der Waals surface area contributed by atoms with E-state index in [4.69, 9.17) is 11.5 Å². The summed E-state index contributed by atoms with van der Waals surface area (Å²) in [4.78, 5) is 10.3. The molecule has 0 spiro atoms. The molecule has 0 aliphatic heterocycles. The van der Waals surface area contributed by atoms with Gasteiger partial charge in [0.05, 0.1) is 13.5 Å². The quantitative estimate of drug-likeness (QED) is 0.281. The summed E-state index contributed by atoms with van der Waals surface area (Å²) < 4.78 is 4.67. The maximum Gasteiger partial charge on any atom is 0.203 e. The Morgan fingerprint density at radius 2 is 2.27 bits per heavy atom. The third kappa shape index (κ3) is 6.23. The maximum absolute atomic E-state index is 10.3. The summed E-state index contributed by atoms with van der Waals surface area (Å²) in [6.07, 6.45) is 0. The molecule has 5 nitrogen and oxygen atoms in total. The number of nitrogens with two attached hydrogens (primary N) is 2. The van der Waals surface area contributed by atoms with E-state index in [9.17, 15) is 4.79 Å². The van der Waals surface area contributed by atoms with Gasteiger partial charge in [-0.1, -0.05) is 0 Å². The molecule has 11 heavy (non-hydrogen) atoms. The van der Waals surface area contributed by atoms with Crippen molar-refractivity contribution < 1.29 is 9.53 Å². The molecule has 1 unspecified atom stereocenters. The number of nitrogens with one attached hydrogen (secondary N) is 1. The SMILES string of the molecule is [CH2-]C(NCOCN)C(N)=O.[Rf]. The number of ether oxygens (including phenoxy) is 1. The Kier molecular flexibility index (Phi) is 7.10. The van der Waals surface area contributed by atoms with E-state index in [1.807, 2.05) is 0 Å². The van der Waals surface area contributed by atoms with Crippen LogP contribution in [0.3, 0.4) is 0 Å². The van der Waals surface area contributed by atoms with Gasteiger partial charge in [0.1, 0.15) is 0 Å². The standard InChI is InChI=1S/C5H12N3O2.Rf/c1-4(5(7)9)8-3-10-2-6;/h4,8H,1-3,6H2,(H2,7,9);/q-1;. The third-order valence-electron chi connectivity index (χ3n) is 0.893. The van der Waals surface area contributed by atoms with E-state index in [0.717, 1.165) is 0 Å². The monoisotopic (exact) mass is 413 g/mol. The molecule has 0 heterocycles. The first kappa shape index (κ1) is 12.1. The van der Waals surface area contributed by atoms with E-state index < -0.39 is 11.9 Å². The number of hydrogen-bond donors (Lipinski definition) is 3. The van der Waals surface area contributed by atoms with Crippen LogP contribution in [0.2, 0.25) is 0 Å². The van der Waals surface area contributed by atoms with Gasteiger partial charge in [0.15, 0.2) is 0 Å². The predicted octanol–water partition coefficient (Wildman–Crippen LogP) is -1.85. The maximum atomic E-state index is 10.3. The summed E-state index contributed by atoms with van der Waals surface area (Å²) in [6, 6.07) is -0.619. The van der Waals surface area contributed by atoms with Crippen LogP contribution >= 0.6 is 0 Å². The second kappa shape index (κ2) is 6.47. The number of hydrogen-bond acceptors (Lipinski definition) is 4. The minimum atomic E-state index is -0.619. The van der Waals surface area contributed by atoms with Crippen LogP contribution < -0.4 is 16.8 Å². The molecule has 0 aromatic carbocycles. The molecule has 0 aromatic heterocycles. The van der Waals surface area contributed by atoms with Crippen molar-refractivity contribution in [1.29, 1.82) is 0 Å². The molecule has 0 rings (SSSR count). The van der Waals surface area contributed by atoms with Crippen LogP contribution in [0, 0.1) is 6.92 Å². The molecule has 0 aliphatic rings. The summed E-state index contributed by atoms with van der Waals surface area (Å²) in [6.45, 7) is 3.70. The molecule has 0 fully saturated rings. The number of primary amides is 1. The molecule has 1 atom stereocenters. The fraction of sp³-hybridized carbons (Fsp3) is 0.600. The first-order valence-corrected chi connectivity index (χ1v) is 2.82. The zero-order valence-electron chi connectivity index (χ0n) is 6.38. The molecular weight excluding hydrogens is 401 g/mol. The van der Waals surface area contributed by atoms with Crippen LogP contribution in [0.4, 0.5) is 0 Å². The first-order valence-electron chi connectivity index (χ1n) is 2.82. The van der Waals surface area contributed by atoms with Gasteiger partial charge in [0.2, 0.25) is 5.91 Å². The smallest absolute Gasteiger partial charge is 0.203 e. The Hall–Kier alpha value is -1.65. The van der Waals surface area contributed by atoms with E-state index >= 15 is 0 Å². The molecule has 0 bridgehead atoms. The van der Waals surface area contributed by atoms with Gasteiger partial charge < -0.3 is 28.4 Å². The Bertz CT molecular complexity index is 112. The van der Waals surface area contributed by atoms with Crippen LogP contribution in [0.5, 0.6) is 0 Å². The molecule has 1 amide bonds. The average molecular weight is 413 g/mol. The van der Waals surface area contributed by atoms with E-state index in [1.165, 1.54) is 0 Å². The van der Waals surface area contributed by atoms with Gasteiger partial charge in [0, 0.05) is 0 Å². The zero-order chi connectivity index (χ0) is 7.98. The molecule has 0 saturated heterocycles. The molecule has 0 saturated carbocycles. The minimum absolute atomic E-state index is 0. The van der Waals surface area contributed by atoms with Gasteiger partial charge in [-0.3, -0.25) is 4.79 Å². The normalized spacial score (nSPS) is 11.8. The number of carbonyl (C=O) groups excluding carboxylic acids is 1. The van der Waals surface area contributed by atoms with Crippen LogP contribution in [0.1, 0.15) is 0 Å². The summed E-state index contributed by atoms with van der Waals surface area (Å²) in [5, 5.41) is 2.60. The molecule has 0 aromatic rings. The van der Waals surface area contributed by atoms with Gasteiger partial charge in [-0.05, 0) is 6.04 Å². The fourth-order valence-corrected chi connectivity index (χ4v) is 0.319. The minimum Gasteiger partial charge on any atom is -0.371 e. The van der Waals surface area contributed by atoms with Crippen LogP contribution in [-0.2, 0) is 9.53 Å². The molecule has 5 N–H and O–H groups in total. The number of amides is 1. The summed E-state index contributed by atoms with van der Waals surface area (Å²) in [5.74, 6) is -0.513. The second-order valence-electron chi connectivity index (χ2n) is 1.67. The van der Waals surface area contributed by atoms with Crippen LogP contribution in [0.25, 0.3) is 0 Å². The molecule has 0 aliphatic carbocycles. The Morgan fingerprint density at radius 3 is 2.64 bits per heavy atom. The van der Waals surface area contributed by atoms with Crippen molar-refractivity contribution in [2.75, 3.05) is 13.5 Å². The van der Waals surface area contributed by atoms with Crippen LogP contribution in [-0.4, -0.2) is 25.4 Å². The number of carbonyl (C=O) groups is 1. The van der Waals surface area contributed by atoms with E-state index in [0.29, 0.717) is 0 Å². The van der Waals surface area contributed by atoms with Gasteiger partial charge in [0.25, 0.3) is 0 Å². The van der Waals surface area contributed by atoms with Crippen LogP contribution in [0.15, 0.2) is 0 Å². The Labute approximate surface area is 59.7 Å². The second-order valence-corrected chi connectivity index (χ2v) is 1.67. The first-order chi connectivity index (χ1) is 4.68. The molecule has 62 valence electrons. The van der Waals surface area contributed by atoms with Crippen molar-refractivity contribution in [3.05, 3.63) is 6.92 Å². The van der Waals surface area contributed by atoms with Crippen molar-refractivity contribution in [2.24, 2.45) is 11.5 Å². The third-order valence-corrected chi connectivity index (χ3v) is 0.893. The van der Waals surface area contributed by atoms with Gasteiger partial charge in [-0.25, -0.2) is 0 Å². The fourth-order valence-electron chi connectivity index (χ4n) is 0.319. The van der Waals surface area contributed by atoms with Crippen molar-refractivity contribution in [3.63, 3.8) is 0 Å². The largest absolute Gasteiger partial charge is 0.371 e. The number of rotatable bonds is 5. The summed E-state index contributed by atoms with van der Waals surface area (Å²) in [7, 11) is 0. The van der Waals surface area contributed by atoms with Crippen molar-refractivity contribution in [1.82, 2.24) is 5.32 Å². The van der Waals surface area contributed by atoms with E-state index in [-0.39, 0.29) is 13.5 Å². The zero-order valence-corrected chi connectivity index (χ0v) is 12.8. The van der Waals surface area contributed by atoms with Gasteiger partial charge in [-0.2, -0.15) is 0 Å². The molecule has 6 heteroatoms. The van der Waals surface area contributed by atoms with Gasteiger partial charge in [-0.15, -0.1) is 0 Å². The summed E-state index contributed by atoms with van der Waals surface area (Å²) in [5.41, 5.74) is 9.86. The van der Waals surface area contributed by atoms with E-state index in [2.05, 4.69) is 17.0 Å². The van der Waals surface area contributed by atoms with Crippen molar-refractivity contribution in [2.45, 2.75) is 6.04 Å². The Morgan fingerprint density at radius 1 is 1.73 bits per heavy atom.